The summed E-state index contributed by atoms with van der Waals surface area (Å²) in [6.07, 6.45) is 9.78. The average Bonchev–Trinajstić information content (AvgIpc) is 2.47. The molecular formula is C19H30O. The molecule has 0 saturated carbocycles. The van der Waals surface area contributed by atoms with Crippen molar-refractivity contribution in [1.29, 1.82) is 0 Å². The number of hydrogen-bond acceptors (Lipinski definition) is 1. The fourth-order valence-corrected chi connectivity index (χ4v) is 2.62. The summed E-state index contributed by atoms with van der Waals surface area (Å²) >= 11 is 0. The molecule has 1 aromatic carbocycles. The van der Waals surface area contributed by atoms with Crippen LogP contribution >= 0.6 is 0 Å². The maximum atomic E-state index is 12.2. The second-order valence-electron chi connectivity index (χ2n) is 5.92. The summed E-state index contributed by atoms with van der Waals surface area (Å²) in [6.45, 7) is 6.41. The van der Waals surface area contributed by atoms with E-state index in [0.29, 0.717) is 5.78 Å². The van der Waals surface area contributed by atoms with Gasteiger partial charge < -0.3 is 0 Å². The smallest absolute Gasteiger partial charge is 0.165 e. The molecule has 1 nitrogen and oxygen atoms in total. The first-order valence-electron chi connectivity index (χ1n) is 8.32. The van der Waals surface area contributed by atoms with Crippen molar-refractivity contribution in [3.8, 4) is 0 Å². The van der Waals surface area contributed by atoms with Gasteiger partial charge >= 0.3 is 0 Å². The Labute approximate surface area is 124 Å². The summed E-state index contributed by atoms with van der Waals surface area (Å²) < 4.78 is 0. The van der Waals surface area contributed by atoms with Crippen LogP contribution in [0.5, 0.6) is 0 Å². The zero-order valence-corrected chi connectivity index (χ0v) is 13.5. The third-order valence-electron chi connectivity index (χ3n) is 3.98. The van der Waals surface area contributed by atoms with Crippen LogP contribution in [0.3, 0.4) is 0 Å². The number of Topliss-reactive ketones (excluding diaryl/α,β-unsaturated/α-hetero) is 1. The first-order valence-corrected chi connectivity index (χ1v) is 8.32. The van der Waals surface area contributed by atoms with Gasteiger partial charge in [-0.1, -0.05) is 77.1 Å². The maximum Gasteiger partial charge on any atom is 0.165 e. The van der Waals surface area contributed by atoms with Crippen molar-refractivity contribution in [2.24, 2.45) is 5.92 Å². The summed E-state index contributed by atoms with van der Waals surface area (Å²) in [7, 11) is 0. The topological polar surface area (TPSA) is 17.1 Å². The van der Waals surface area contributed by atoms with Gasteiger partial charge in [0.25, 0.3) is 0 Å². The predicted octanol–water partition coefficient (Wildman–Crippen LogP) is 5.82. The summed E-state index contributed by atoms with van der Waals surface area (Å²) in [5.74, 6) is 0.446. The molecule has 0 aliphatic rings. The highest BCUT2D eigenvalue weighted by molar-refractivity contribution is 5.97. The number of carbonyl (C=O) groups is 1. The van der Waals surface area contributed by atoms with E-state index in [1.165, 1.54) is 37.7 Å². The fraction of sp³-hybridized carbons (Fsp3) is 0.632. The van der Waals surface area contributed by atoms with Crippen LogP contribution < -0.4 is 0 Å². The van der Waals surface area contributed by atoms with Crippen LogP contribution in [-0.4, -0.2) is 5.78 Å². The van der Waals surface area contributed by atoms with E-state index in [9.17, 15) is 4.79 Å². The van der Waals surface area contributed by atoms with E-state index in [1.807, 2.05) is 19.1 Å². The molecule has 0 N–H and O–H groups in total. The SMILES string of the molecule is CCCCCCCc1ccc(C(=O)C(C)CCC)cc1. The minimum Gasteiger partial charge on any atom is -0.294 e. The van der Waals surface area contributed by atoms with Crippen LogP contribution in [0.4, 0.5) is 0 Å². The van der Waals surface area contributed by atoms with Crippen molar-refractivity contribution in [1.82, 2.24) is 0 Å². The van der Waals surface area contributed by atoms with E-state index in [0.717, 1.165) is 24.8 Å². The van der Waals surface area contributed by atoms with E-state index < -0.39 is 0 Å². The van der Waals surface area contributed by atoms with Crippen molar-refractivity contribution in [3.63, 3.8) is 0 Å². The molecule has 0 aromatic heterocycles. The molecule has 0 heterocycles. The highest BCUT2D eigenvalue weighted by atomic mass is 16.1. The number of carbonyl (C=O) groups excluding carboxylic acids is 1. The second-order valence-corrected chi connectivity index (χ2v) is 5.92. The molecule has 20 heavy (non-hydrogen) atoms. The molecular weight excluding hydrogens is 244 g/mol. The summed E-state index contributed by atoms with van der Waals surface area (Å²) in [4.78, 5) is 12.2. The number of rotatable bonds is 10. The lowest BCUT2D eigenvalue weighted by Crippen LogP contribution is -2.10. The third kappa shape index (κ3) is 5.90. The van der Waals surface area contributed by atoms with Gasteiger partial charge in [0.15, 0.2) is 5.78 Å². The van der Waals surface area contributed by atoms with Crippen molar-refractivity contribution in [3.05, 3.63) is 35.4 Å². The molecule has 0 fully saturated rings. The van der Waals surface area contributed by atoms with E-state index >= 15 is 0 Å². The molecule has 0 amide bonds. The van der Waals surface area contributed by atoms with Crippen LogP contribution in [0.15, 0.2) is 24.3 Å². The largest absolute Gasteiger partial charge is 0.294 e. The minimum absolute atomic E-state index is 0.153. The number of unbranched alkanes of at least 4 members (excludes halogenated alkanes) is 4. The molecule has 0 spiro atoms. The van der Waals surface area contributed by atoms with E-state index in [2.05, 4.69) is 26.0 Å². The number of hydrogen-bond donors (Lipinski definition) is 0. The van der Waals surface area contributed by atoms with Crippen LogP contribution in [0.25, 0.3) is 0 Å². The van der Waals surface area contributed by atoms with Gasteiger partial charge in [0.05, 0.1) is 0 Å². The van der Waals surface area contributed by atoms with Gasteiger partial charge in [-0.25, -0.2) is 0 Å². The van der Waals surface area contributed by atoms with Crippen LogP contribution in [0.1, 0.15) is 81.6 Å². The molecule has 0 bridgehead atoms. The fourth-order valence-electron chi connectivity index (χ4n) is 2.62. The van der Waals surface area contributed by atoms with Crippen molar-refractivity contribution < 1.29 is 4.79 Å². The zero-order chi connectivity index (χ0) is 14.8. The van der Waals surface area contributed by atoms with Crippen LogP contribution in [0, 0.1) is 5.92 Å². The Balaban J connectivity index is 2.41. The number of ketones is 1. The minimum atomic E-state index is 0.153. The Kier molecular flexibility index (Phi) is 8.25. The average molecular weight is 274 g/mol. The maximum absolute atomic E-state index is 12.2. The highest BCUT2D eigenvalue weighted by Gasteiger charge is 2.13. The molecule has 1 rings (SSSR count). The Morgan fingerprint density at radius 1 is 0.950 bits per heavy atom. The molecule has 0 aliphatic carbocycles. The van der Waals surface area contributed by atoms with Gasteiger partial charge in [0, 0.05) is 11.5 Å². The third-order valence-corrected chi connectivity index (χ3v) is 3.98. The highest BCUT2D eigenvalue weighted by Crippen LogP contribution is 2.16. The van der Waals surface area contributed by atoms with Crippen LogP contribution in [0.2, 0.25) is 0 Å². The predicted molar refractivity (Wildman–Crippen MR) is 87.3 cm³/mol. The normalized spacial score (nSPS) is 12.3. The first kappa shape index (κ1) is 16.9. The molecule has 0 radical (unpaired) electrons. The van der Waals surface area contributed by atoms with Gasteiger partial charge in [0.2, 0.25) is 0 Å². The van der Waals surface area contributed by atoms with Crippen LogP contribution in [-0.2, 0) is 6.42 Å². The standard InChI is InChI=1S/C19H30O/c1-4-6-7-8-9-11-17-12-14-18(15-13-17)19(20)16(3)10-5-2/h12-16H,4-11H2,1-3H3. The molecule has 1 unspecified atom stereocenters. The molecule has 0 aliphatic heterocycles. The zero-order valence-electron chi connectivity index (χ0n) is 13.5. The molecule has 1 aromatic rings. The second kappa shape index (κ2) is 9.74. The Morgan fingerprint density at radius 3 is 2.20 bits per heavy atom. The Bertz CT molecular complexity index is 377. The van der Waals surface area contributed by atoms with E-state index in [4.69, 9.17) is 0 Å². The van der Waals surface area contributed by atoms with Crippen molar-refractivity contribution in [2.75, 3.05) is 0 Å². The van der Waals surface area contributed by atoms with Gasteiger partial charge in [-0.2, -0.15) is 0 Å². The van der Waals surface area contributed by atoms with E-state index in [1.54, 1.807) is 0 Å². The van der Waals surface area contributed by atoms with Gasteiger partial charge in [-0.3, -0.25) is 4.79 Å². The van der Waals surface area contributed by atoms with Gasteiger partial charge in [-0.05, 0) is 24.8 Å². The lowest BCUT2D eigenvalue weighted by atomic mass is 9.94. The van der Waals surface area contributed by atoms with Crippen molar-refractivity contribution >= 4 is 5.78 Å². The number of benzene rings is 1. The van der Waals surface area contributed by atoms with Gasteiger partial charge in [0.1, 0.15) is 0 Å². The molecule has 1 atom stereocenters. The summed E-state index contributed by atoms with van der Waals surface area (Å²) in [5.41, 5.74) is 2.24. The Hall–Kier alpha value is -1.11. The quantitative estimate of drug-likeness (QED) is 0.388. The van der Waals surface area contributed by atoms with Crippen molar-refractivity contribution in [2.45, 2.75) is 72.1 Å². The number of aryl methyl sites for hydroxylation is 1. The lowest BCUT2D eigenvalue weighted by molar-refractivity contribution is 0.0923. The molecule has 1 heteroatoms. The molecule has 112 valence electrons. The Morgan fingerprint density at radius 2 is 1.60 bits per heavy atom. The monoisotopic (exact) mass is 274 g/mol. The summed E-state index contributed by atoms with van der Waals surface area (Å²) in [6, 6.07) is 8.28. The van der Waals surface area contributed by atoms with Gasteiger partial charge in [-0.15, -0.1) is 0 Å². The first-order chi connectivity index (χ1) is 9.69. The molecule has 0 saturated heterocycles. The van der Waals surface area contributed by atoms with E-state index in [-0.39, 0.29) is 5.92 Å². The summed E-state index contributed by atoms with van der Waals surface area (Å²) in [5, 5.41) is 0. The lowest BCUT2D eigenvalue weighted by Gasteiger charge is -2.09.